The number of furan rings is 1. The zero-order chi connectivity index (χ0) is 27.9. The molecule has 42 heavy (non-hydrogen) atoms. The molecule has 0 amide bonds. The first-order chi connectivity index (χ1) is 20.8. The molecule has 0 unspecified atom stereocenters. The van der Waals surface area contributed by atoms with Crippen molar-refractivity contribution in [3.63, 3.8) is 0 Å². The van der Waals surface area contributed by atoms with Crippen LogP contribution in [0.2, 0.25) is 0 Å². The molecule has 198 valence electrons. The van der Waals surface area contributed by atoms with Crippen LogP contribution < -0.4 is 4.90 Å². The Kier molecular flexibility index (Phi) is 5.82. The summed E-state index contributed by atoms with van der Waals surface area (Å²) < 4.78 is 6.65. The maximum Gasteiger partial charge on any atom is 0.159 e. The molecule has 0 fully saturated rings. The fourth-order valence-electron chi connectivity index (χ4n) is 6.07. The van der Waals surface area contributed by atoms with Crippen LogP contribution in [0.3, 0.4) is 0 Å². The number of hydrogen-bond acceptors (Lipinski definition) is 2. The summed E-state index contributed by atoms with van der Waals surface area (Å²) in [6.07, 6.45) is 0. The maximum absolute atomic E-state index is 6.65. The van der Waals surface area contributed by atoms with E-state index >= 15 is 0 Å². The lowest BCUT2D eigenvalue weighted by molar-refractivity contribution is 0.669. The predicted octanol–water partition coefficient (Wildman–Crippen LogP) is 11.5. The highest BCUT2D eigenvalue weighted by Gasteiger charge is 2.20. The minimum Gasteiger partial charge on any atom is -0.454 e. The van der Waals surface area contributed by atoms with Gasteiger partial charge in [-0.1, -0.05) is 121 Å². The highest BCUT2D eigenvalue weighted by molar-refractivity contribution is 6.20. The fraction of sp³-hybridized carbons (Fsp3) is 0. The summed E-state index contributed by atoms with van der Waals surface area (Å²) in [5.41, 5.74) is 9.69. The number of benzene rings is 7. The van der Waals surface area contributed by atoms with Crippen LogP contribution in [0.1, 0.15) is 0 Å². The summed E-state index contributed by atoms with van der Waals surface area (Å²) in [5.74, 6) is 0. The molecule has 0 N–H and O–H groups in total. The second kappa shape index (κ2) is 10.1. The molecule has 1 heterocycles. The zero-order valence-electron chi connectivity index (χ0n) is 22.9. The number of anilines is 3. The van der Waals surface area contributed by atoms with E-state index in [1.807, 2.05) is 0 Å². The van der Waals surface area contributed by atoms with Gasteiger partial charge in [-0.05, 0) is 75.5 Å². The van der Waals surface area contributed by atoms with Gasteiger partial charge in [-0.3, -0.25) is 0 Å². The molecule has 0 spiro atoms. The third kappa shape index (κ3) is 4.13. The first kappa shape index (κ1) is 24.2. The van der Waals surface area contributed by atoms with Crippen LogP contribution >= 0.6 is 0 Å². The lowest BCUT2D eigenvalue weighted by atomic mass is 9.98. The van der Waals surface area contributed by atoms with Crippen LogP contribution in [-0.2, 0) is 0 Å². The van der Waals surface area contributed by atoms with Crippen LogP contribution in [0.4, 0.5) is 17.1 Å². The number of hydrogen-bond donors (Lipinski definition) is 0. The molecule has 2 nitrogen and oxygen atoms in total. The van der Waals surface area contributed by atoms with E-state index in [9.17, 15) is 0 Å². The Labute approximate surface area is 244 Å². The van der Waals surface area contributed by atoms with Crippen molar-refractivity contribution >= 4 is 49.8 Å². The van der Waals surface area contributed by atoms with Crippen LogP contribution in [0, 0.1) is 0 Å². The van der Waals surface area contributed by atoms with Gasteiger partial charge in [0.05, 0.1) is 5.69 Å². The van der Waals surface area contributed by atoms with Gasteiger partial charge in [0, 0.05) is 22.1 Å². The van der Waals surface area contributed by atoms with E-state index in [1.54, 1.807) is 0 Å². The number of rotatable bonds is 5. The number of nitrogens with zero attached hydrogens (tertiary/aromatic N) is 1. The highest BCUT2D eigenvalue weighted by Crippen LogP contribution is 2.44. The van der Waals surface area contributed by atoms with Crippen molar-refractivity contribution in [2.45, 2.75) is 0 Å². The number of para-hydroxylation sites is 2. The Balaban J connectivity index is 1.32. The predicted molar refractivity (Wildman–Crippen MR) is 177 cm³/mol. The molecular formula is C40H27NO. The van der Waals surface area contributed by atoms with Crippen molar-refractivity contribution < 1.29 is 4.42 Å². The largest absolute Gasteiger partial charge is 0.454 e. The van der Waals surface area contributed by atoms with E-state index in [-0.39, 0.29) is 0 Å². The molecule has 0 aliphatic carbocycles. The Morgan fingerprint density at radius 1 is 0.405 bits per heavy atom. The summed E-state index contributed by atoms with van der Waals surface area (Å²) in [5, 5.41) is 4.69. The lowest BCUT2D eigenvalue weighted by Crippen LogP contribution is -2.10. The highest BCUT2D eigenvalue weighted by atomic mass is 16.3. The molecule has 0 aliphatic heterocycles. The Hall–Kier alpha value is -5.60. The van der Waals surface area contributed by atoms with Crippen molar-refractivity contribution in [1.82, 2.24) is 0 Å². The van der Waals surface area contributed by atoms with Crippen molar-refractivity contribution in [3.8, 4) is 22.3 Å². The van der Waals surface area contributed by atoms with Gasteiger partial charge in [0.1, 0.15) is 5.58 Å². The summed E-state index contributed by atoms with van der Waals surface area (Å²) in [7, 11) is 0. The monoisotopic (exact) mass is 537 g/mol. The third-order valence-corrected chi connectivity index (χ3v) is 8.03. The van der Waals surface area contributed by atoms with E-state index in [2.05, 4.69) is 169 Å². The SMILES string of the molecule is c1ccc(-c2cccc(-c3cccc(N(c4ccccc4)c4cccc5c4oc4ccc6ccccc6c45)c3)c2)cc1. The van der Waals surface area contributed by atoms with Crippen molar-refractivity contribution in [2.75, 3.05) is 4.90 Å². The lowest BCUT2D eigenvalue weighted by Gasteiger charge is -2.26. The molecule has 0 radical (unpaired) electrons. The Morgan fingerprint density at radius 3 is 1.83 bits per heavy atom. The Morgan fingerprint density at radius 2 is 1.00 bits per heavy atom. The third-order valence-electron chi connectivity index (χ3n) is 8.03. The maximum atomic E-state index is 6.65. The van der Waals surface area contributed by atoms with Gasteiger partial charge in [-0.2, -0.15) is 0 Å². The van der Waals surface area contributed by atoms with Crippen LogP contribution in [0.25, 0.3) is 55.0 Å². The Bertz CT molecular complexity index is 2200. The first-order valence-electron chi connectivity index (χ1n) is 14.3. The van der Waals surface area contributed by atoms with Gasteiger partial charge in [0.15, 0.2) is 5.58 Å². The number of fused-ring (bicyclic) bond motifs is 5. The van der Waals surface area contributed by atoms with Gasteiger partial charge in [0.25, 0.3) is 0 Å². The van der Waals surface area contributed by atoms with E-state index in [0.29, 0.717) is 0 Å². The fourth-order valence-corrected chi connectivity index (χ4v) is 6.07. The molecule has 2 heteroatoms. The van der Waals surface area contributed by atoms with Crippen molar-refractivity contribution in [3.05, 3.63) is 164 Å². The minimum atomic E-state index is 0.879. The van der Waals surface area contributed by atoms with Crippen LogP contribution in [-0.4, -0.2) is 0 Å². The van der Waals surface area contributed by atoms with E-state index in [0.717, 1.165) is 44.6 Å². The topological polar surface area (TPSA) is 16.4 Å². The molecule has 7 aromatic carbocycles. The van der Waals surface area contributed by atoms with Crippen LogP contribution in [0.5, 0.6) is 0 Å². The first-order valence-corrected chi connectivity index (χ1v) is 14.3. The molecule has 0 saturated carbocycles. The van der Waals surface area contributed by atoms with Crippen molar-refractivity contribution in [1.29, 1.82) is 0 Å². The molecule has 0 saturated heterocycles. The van der Waals surface area contributed by atoms with Gasteiger partial charge in [-0.15, -0.1) is 0 Å². The average Bonchev–Trinajstić information content (AvgIpc) is 3.46. The van der Waals surface area contributed by atoms with E-state index < -0.39 is 0 Å². The van der Waals surface area contributed by atoms with Gasteiger partial charge >= 0.3 is 0 Å². The second-order valence-electron chi connectivity index (χ2n) is 10.6. The summed E-state index contributed by atoms with van der Waals surface area (Å²) >= 11 is 0. The summed E-state index contributed by atoms with van der Waals surface area (Å²) in [6, 6.07) is 57.8. The molecule has 0 aliphatic rings. The molecule has 0 atom stereocenters. The molecule has 1 aromatic heterocycles. The smallest absolute Gasteiger partial charge is 0.159 e. The van der Waals surface area contributed by atoms with E-state index in [4.69, 9.17) is 4.42 Å². The van der Waals surface area contributed by atoms with Gasteiger partial charge in [0.2, 0.25) is 0 Å². The standard InChI is InChI=1S/C40H27NO/c1-3-12-28(13-4-1)30-15-9-16-31(26-30)32-17-10-20-34(27-32)41(33-18-5-2-6-19-33)37-23-11-22-36-39-35-21-8-7-14-29(35)24-25-38(39)42-40(36)37/h1-27H. The average molecular weight is 538 g/mol. The molecule has 0 bridgehead atoms. The second-order valence-corrected chi connectivity index (χ2v) is 10.6. The van der Waals surface area contributed by atoms with Crippen molar-refractivity contribution in [2.24, 2.45) is 0 Å². The molecule has 8 rings (SSSR count). The van der Waals surface area contributed by atoms with Crippen LogP contribution in [0.15, 0.2) is 168 Å². The van der Waals surface area contributed by atoms with Gasteiger partial charge < -0.3 is 9.32 Å². The van der Waals surface area contributed by atoms with E-state index in [1.165, 1.54) is 27.5 Å². The summed E-state index contributed by atoms with van der Waals surface area (Å²) in [4.78, 5) is 2.30. The molecule has 8 aromatic rings. The molecular weight excluding hydrogens is 510 g/mol. The minimum absolute atomic E-state index is 0.879. The normalized spacial score (nSPS) is 11.3. The summed E-state index contributed by atoms with van der Waals surface area (Å²) in [6.45, 7) is 0. The zero-order valence-corrected chi connectivity index (χ0v) is 22.9. The van der Waals surface area contributed by atoms with Gasteiger partial charge in [-0.25, -0.2) is 0 Å². The quantitative estimate of drug-likeness (QED) is 0.217.